The zero-order valence-electron chi connectivity index (χ0n) is 12.0. The molecule has 0 unspecified atom stereocenters. The number of benzene rings is 1. The van der Waals surface area contributed by atoms with Crippen molar-refractivity contribution in [1.82, 2.24) is 9.97 Å². The van der Waals surface area contributed by atoms with Gasteiger partial charge >= 0.3 is 0 Å². The molecular weight excluding hydrogens is 284 g/mol. The van der Waals surface area contributed by atoms with Gasteiger partial charge in [0.05, 0.1) is 4.90 Å². The first-order valence-corrected chi connectivity index (χ1v) is 9.06. The molecule has 1 aliphatic carbocycles. The van der Waals surface area contributed by atoms with Gasteiger partial charge in [-0.05, 0) is 43.2 Å². The molecule has 1 heterocycles. The number of aromatic nitrogens is 2. The van der Waals surface area contributed by atoms with Gasteiger partial charge in [-0.3, -0.25) is 0 Å². The van der Waals surface area contributed by atoms with E-state index in [0.29, 0.717) is 16.6 Å². The summed E-state index contributed by atoms with van der Waals surface area (Å²) in [6.45, 7) is 0. The molecule has 4 nitrogen and oxygen atoms in total. The summed E-state index contributed by atoms with van der Waals surface area (Å²) in [7, 11) is -3.16. The van der Waals surface area contributed by atoms with Crippen LogP contribution >= 0.6 is 0 Å². The first-order valence-electron chi connectivity index (χ1n) is 7.17. The first kappa shape index (κ1) is 14.2. The third-order valence-electron chi connectivity index (χ3n) is 3.99. The lowest BCUT2D eigenvalue weighted by atomic mass is 10.0. The molecule has 0 spiro atoms. The maximum atomic E-state index is 11.5. The van der Waals surface area contributed by atoms with Gasteiger partial charge in [0.15, 0.2) is 15.7 Å². The van der Waals surface area contributed by atoms with E-state index >= 15 is 0 Å². The summed E-state index contributed by atoms with van der Waals surface area (Å²) in [4.78, 5) is 9.29. The summed E-state index contributed by atoms with van der Waals surface area (Å²) in [6.07, 6.45) is 7.94. The highest BCUT2D eigenvalue weighted by Crippen LogP contribution is 2.33. The number of rotatable bonds is 3. The van der Waals surface area contributed by atoms with Gasteiger partial charge in [-0.15, -0.1) is 0 Å². The molecule has 0 N–H and O–H groups in total. The molecule has 0 amide bonds. The van der Waals surface area contributed by atoms with Crippen molar-refractivity contribution < 1.29 is 8.42 Å². The van der Waals surface area contributed by atoms with E-state index in [1.54, 1.807) is 30.5 Å². The molecule has 1 fully saturated rings. The Morgan fingerprint density at radius 2 is 1.71 bits per heavy atom. The Kier molecular flexibility index (Phi) is 3.76. The van der Waals surface area contributed by atoms with E-state index in [2.05, 4.69) is 9.97 Å². The third kappa shape index (κ3) is 3.13. The fraction of sp³-hybridized carbons (Fsp3) is 0.375. The van der Waals surface area contributed by atoms with Crippen molar-refractivity contribution in [3.63, 3.8) is 0 Å². The highest BCUT2D eigenvalue weighted by molar-refractivity contribution is 7.90. The normalized spacial score (nSPS) is 16.2. The molecule has 0 aliphatic heterocycles. The molecule has 1 aromatic heterocycles. The topological polar surface area (TPSA) is 59.9 Å². The van der Waals surface area contributed by atoms with Gasteiger partial charge in [0.1, 0.15) is 0 Å². The van der Waals surface area contributed by atoms with E-state index < -0.39 is 9.84 Å². The van der Waals surface area contributed by atoms with E-state index in [1.807, 2.05) is 6.07 Å². The monoisotopic (exact) mass is 302 g/mol. The van der Waals surface area contributed by atoms with Crippen molar-refractivity contribution in [3.8, 4) is 11.4 Å². The van der Waals surface area contributed by atoms with Crippen LogP contribution in [0.25, 0.3) is 11.4 Å². The van der Waals surface area contributed by atoms with E-state index in [1.165, 1.54) is 31.9 Å². The Morgan fingerprint density at radius 1 is 1.05 bits per heavy atom. The molecule has 1 saturated carbocycles. The quantitative estimate of drug-likeness (QED) is 0.873. The smallest absolute Gasteiger partial charge is 0.175 e. The van der Waals surface area contributed by atoms with Crippen molar-refractivity contribution in [2.45, 2.75) is 36.5 Å². The SMILES string of the molecule is CS(=O)(=O)c1ccc(-c2nccc(C3CCCC3)n2)cc1. The van der Waals surface area contributed by atoms with Gasteiger partial charge in [-0.25, -0.2) is 18.4 Å². The standard InChI is InChI=1S/C16H18N2O2S/c1-21(19,20)14-8-6-13(7-9-14)16-17-11-10-15(18-16)12-4-2-3-5-12/h6-12H,2-5H2,1H3. The second-order valence-corrected chi connectivity index (χ2v) is 7.60. The summed E-state index contributed by atoms with van der Waals surface area (Å²) in [5.74, 6) is 1.21. The van der Waals surface area contributed by atoms with Crippen LogP contribution in [-0.4, -0.2) is 24.6 Å². The molecule has 110 valence electrons. The molecule has 0 radical (unpaired) electrons. The van der Waals surface area contributed by atoms with Gasteiger partial charge in [0.25, 0.3) is 0 Å². The van der Waals surface area contributed by atoms with E-state index in [-0.39, 0.29) is 0 Å². The minimum atomic E-state index is -3.16. The molecule has 3 rings (SSSR count). The predicted octanol–water partition coefficient (Wildman–Crippen LogP) is 3.20. The van der Waals surface area contributed by atoms with Crippen LogP contribution in [0.5, 0.6) is 0 Å². The molecule has 1 aromatic carbocycles. The van der Waals surface area contributed by atoms with Crippen molar-refractivity contribution in [2.24, 2.45) is 0 Å². The Balaban J connectivity index is 1.91. The molecule has 5 heteroatoms. The van der Waals surface area contributed by atoms with Crippen molar-refractivity contribution in [3.05, 3.63) is 42.2 Å². The second-order valence-electron chi connectivity index (χ2n) is 5.58. The van der Waals surface area contributed by atoms with E-state index in [4.69, 9.17) is 0 Å². The Bertz CT molecular complexity index is 733. The number of sulfone groups is 1. The fourth-order valence-corrected chi connectivity index (χ4v) is 3.44. The van der Waals surface area contributed by atoms with E-state index in [0.717, 1.165) is 11.3 Å². The van der Waals surface area contributed by atoms with Gasteiger partial charge in [0, 0.05) is 29.6 Å². The largest absolute Gasteiger partial charge is 0.237 e. The zero-order chi connectivity index (χ0) is 14.9. The minimum Gasteiger partial charge on any atom is -0.237 e. The summed E-state index contributed by atoms with van der Waals surface area (Å²) < 4.78 is 23.0. The van der Waals surface area contributed by atoms with Gasteiger partial charge in [-0.1, -0.05) is 12.8 Å². The Labute approximate surface area is 125 Å². The number of nitrogens with zero attached hydrogens (tertiary/aromatic N) is 2. The zero-order valence-corrected chi connectivity index (χ0v) is 12.8. The maximum absolute atomic E-state index is 11.5. The van der Waals surface area contributed by atoms with Crippen molar-refractivity contribution in [1.29, 1.82) is 0 Å². The fourth-order valence-electron chi connectivity index (χ4n) is 2.81. The second kappa shape index (κ2) is 5.56. The van der Waals surface area contributed by atoms with Crippen LogP contribution in [0.4, 0.5) is 0 Å². The van der Waals surface area contributed by atoms with Crippen LogP contribution < -0.4 is 0 Å². The highest BCUT2D eigenvalue weighted by Gasteiger charge is 2.19. The van der Waals surface area contributed by atoms with Gasteiger partial charge in [0.2, 0.25) is 0 Å². The van der Waals surface area contributed by atoms with Crippen molar-refractivity contribution >= 4 is 9.84 Å². The first-order chi connectivity index (χ1) is 10.0. The highest BCUT2D eigenvalue weighted by atomic mass is 32.2. The molecule has 0 saturated heterocycles. The molecule has 0 atom stereocenters. The predicted molar refractivity (Wildman–Crippen MR) is 81.8 cm³/mol. The van der Waals surface area contributed by atoms with Crippen molar-refractivity contribution in [2.75, 3.05) is 6.26 Å². The summed E-state index contributed by atoms with van der Waals surface area (Å²) in [6, 6.07) is 8.74. The van der Waals surface area contributed by atoms with Crippen LogP contribution in [-0.2, 0) is 9.84 Å². The van der Waals surface area contributed by atoms with Crippen LogP contribution in [0, 0.1) is 0 Å². The lowest BCUT2D eigenvalue weighted by Gasteiger charge is -2.09. The maximum Gasteiger partial charge on any atom is 0.175 e. The Morgan fingerprint density at radius 3 is 2.33 bits per heavy atom. The van der Waals surface area contributed by atoms with Crippen LogP contribution in [0.2, 0.25) is 0 Å². The van der Waals surface area contributed by atoms with Gasteiger partial charge in [-0.2, -0.15) is 0 Å². The molecular formula is C16H18N2O2S. The summed E-state index contributed by atoms with van der Waals surface area (Å²) >= 11 is 0. The minimum absolute atomic E-state index is 0.318. The number of hydrogen-bond donors (Lipinski definition) is 0. The van der Waals surface area contributed by atoms with Gasteiger partial charge < -0.3 is 0 Å². The summed E-state index contributed by atoms with van der Waals surface area (Å²) in [5, 5.41) is 0. The Hall–Kier alpha value is -1.75. The van der Waals surface area contributed by atoms with Crippen LogP contribution in [0.15, 0.2) is 41.4 Å². The van der Waals surface area contributed by atoms with Crippen LogP contribution in [0.3, 0.4) is 0 Å². The lowest BCUT2D eigenvalue weighted by molar-refractivity contribution is 0.602. The third-order valence-corrected chi connectivity index (χ3v) is 5.12. The average molecular weight is 302 g/mol. The van der Waals surface area contributed by atoms with E-state index in [9.17, 15) is 8.42 Å². The number of hydrogen-bond acceptors (Lipinski definition) is 4. The molecule has 0 bridgehead atoms. The molecule has 2 aromatic rings. The molecule has 21 heavy (non-hydrogen) atoms. The average Bonchev–Trinajstić information content (AvgIpc) is 3.01. The molecule has 1 aliphatic rings. The lowest BCUT2D eigenvalue weighted by Crippen LogP contribution is -2.00. The van der Waals surface area contributed by atoms with Crippen LogP contribution in [0.1, 0.15) is 37.3 Å². The summed E-state index contributed by atoms with van der Waals surface area (Å²) in [5.41, 5.74) is 1.95.